The lowest BCUT2D eigenvalue weighted by Crippen LogP contribution is -2.54. The van der Waals surface area contributed by atoms with Crippen LogP contribution in [0.15, 0.2) is 54.6 Å². The lowest BCUT2D eigenvalue weighted by atomic mass is 9.97. The Morgan fingerprint density at radius 3 is 2.40 bits per heavy atom. The summed E-state index contributed by atoms with van der Waals surface area (Å²) >= 11 is 0. The van der Waals surface area contributed by atoms with Gasteiger partial charge in [0.15, 0.2) is 0 Å². The van der Waals surface area contributed by atoms with E-state index in [4.69, 9.17) is 0 Å². The van der Waals surface area contributed by atoms with Crippen LogP contribution in [0.4, 0.5) is 5.69 Å². The van der Waals surface area contributed by atoms with E-state index < -0.39 is 0 Å². The molecule has 2 heterocycles. The molecule has 0 saturated carbocycles. The van der Waals surface area contributed by atoms with E-state index in [1.165, 1.54) is 11.1 Å². The fourth-order valence-corrected chi connectivity index (χ4v) is 5.35. The van der Waals surface area contributed by atoms with Gasteiger partial charge in [0.2, 0.25) is 11.8 Å². The Labute approximate surface area is 178 Å². The SMILES string of the molecule is O=C(CC1CCc2ccccc21)N1CCN(C2CCN(c3ccccc3)C2=O)CC1. The first-order valence-corrected chi connectivity index (χ1v) is 11.2. The standard InChI is InChI=1S/C25H29N3O2/c29-24(18-20-11-10-19-6-4-5-9-22(19)20)27-16-14-26(15-17-27)23-12-13-28(25(23)30)21-7-2-1-3-8-21/h1-9,20,23H,10-18H2. The molecule has 5 nitrogen and oxygen atoms in total. The summed E-state index contributed by atoms with van der Waals surface area (Å²) in [5.41, 5.74) is 3.75. The van der Waals surface area contributed by atoms with Gasteiger partial charge in [-0.1, -0.05) is 42.5 Å². The third-order valence-corrected chi connectivity index (χ3v) is 7.03. The van der Waals surface area contributed by atoms with Crippen molar-refractivity contribution in [1.29, 1.82) is 0 Å². The molecule has 2 amide bonds. The van der Waals surface area contributed by atoms with Crippen LogP contribution in [0.25, 0.3) is 0 Å². The first-order chi connectivity index (χ1) is 14.7. The molecule has 3 aliphatic rings. The largest absolute Gasteiger partial charge is 0.340 e. The molecule has 2 aromatic carbocycles. The van der Waals surface area contributed by atoms with Gasteiger partial charge in [-0.25, -0.2) is 0 Å². The van der Waals surface area contributed by atoms with Gasteiger partial charge in [0.05, 0.1) is 6.04 Å². The van der Waals surface area contributed by atoms with Crippen LogP contribution in [0.5, 0.6) is 0 Å². The number of benzene rings is 2. The first-order valence-electron chi connectivity index (χ1n) is 11.2. The Bertz CT molecular complexity index is 921. The van der Waals surface area contributed by atoms with E-state index >= 15 is 0 Å². The molecule has 0 N–H and O–H groups in total. The summed E-state index contributed by atoms with van der Waals surface area (Å²) in [6.07, 6.45) is 3.64. The van der Waals surface area contributed by atoms with Gasteiger partial charge in [-0.15, -0.1) is 0 Å². The van der Waals surface area contributed by atoms with Gasteiger partial charge in [-0.3, -0.25) is 14.5 Å². The van der Waals surface area contributed by atoms with Crippen molar-refractivity contribution in [3.63, 3.8) is 0 Å². The third-order valence-electron chi connectivity index (χ3n) is 7.03. The Hall–Kier alpha value is -2.66. The maximum atomic E-state index is 13.0. The number of anilines is 1. The Morgan fingerprint density at radius 2 is 1.60 bits per heavy atom. The number of carbonyl (C=O) groups excluding carboxylic acids is 2. The van der Waals surface area contributed by atoms with Crippen molar-refractivity contribution in [1.82, 2.24) is 9.80 Å². The van der Waals surface area contributed by atoms with Crippen LogP contribution in [0, 0.1) is 0 Å². The normalized spacial score (nSPS) is 24.3. The minimum absolute atomic E-state index is 0.0517. The van der Waals surface area contributed by atoms with Crippen LogP contribution in [0.1, 0.15) is 36.3 Å². The Morgan fingerprint density at radius 1 is 0.867 bits per heavy atom. The predicted octanol–water partition coefficient (Wildman–Crippen LogP) is 3.06. The van der Waals surface area contributed by atoms with Gasteiger partial charge in [0, 0.05) is 44.8 Å². The number of nitrogens with zero attached hydrogens (tertiary/aromatic N) is 3. The number of rotatable bonds is 4. The zero-order valence-electron chi connectivity index (χ0n) is 17.4. The highest BCUT2D eigenvalue weighted by molar-refractivity contribution is 5.99. The number of aryl methyl sites for hydroxylation is 1. The quantitative estimate of drug-likeness (QED) is 0.788. The number of piperazine rings is 1. The van der Waals surface area contributed by atoms with Crippen LogP contribution >= 0.6 is 0 Å². The maximum absolute atomic E-state index is 13.0. The zero-order chi connectivity index (χ0) is 20.5. The van der Waals surface area contributed by atoms with Crippen molar-refractivity contribution in [3.05, 3.63) is 65.7 Å². The molecule has 2 atom stereocenters. The van der Waals surface area contributed by atoms with Crippen LogP contribution in [0.3, 0.4) is 0 Å². The average molecular weight is 404 g/mol. The molecule has 2 fully saturated rings. The molecule has 0 bridgehead atoms. The summed E-state index contributed by atoms with van der Waals surface area (Å²) < 4.78 is 0. The summed E-state index contributed by atoms with van der Waals surface area (Å²) in [6.45, 7) is 3.79. The lowest BCUT2D eigenvalue weighted by Gasteiger charge is -2.37. The van der Waals surface area contributed by atoms with E-state index in [9.17, 15) is 9.59 Å². The molecule has 5 heteroatoms. The molecule has 0 aromatic heterocycles. The minimum atomic E-state index is -0.0517. The van der Waals surface area contributed by atoms with Gasteiger partial charge in [0.25, 0.3) is 0 Å². The molecular weight excluding hydrogens is 374 g/mol. The molecule has 1 aliphatic carbocycles. The molecule has 156 valence electrons. The topological polar surface area (TPSA) is 43.9 Å². The predicted molar refractivity (Wildman–Crippen MR) is 117 cm³/mol. The molecular formula is C25H29N3O2. The van der Waals surface area contributed by atoms with E-state index in [1.807, 2.05) is 40.1 Å². The van der Waals surface area contributed by atoms with E-state index in [-0.39, 0.29) is 17.9 Å². The molecule has 0 spiro atoms. The van der Waals surface area contributed by atoms with Crippen molar-refractivity contribution in [2.45, 2.75) is 37.6 Å². The molecule has 2 aliphatic heterocycles. The Balaban J connectivity index is 1.15. The van der Waals surface area contributed by atoms with Crippen LogP contribution < -0.4 is 4.90 Å². The van der Waals surface area contributed by atoms with Crippen LogP contribution in [-0.4, -0.2) is 60.4 Å². The summed E-state index contributed by atoms with van der Waals surface area (Å²) in [6, 6.07) is 18.4. The molecule has 2 unspecified atom stereocenters. The summed E-state index contributed by atoms with van der Waals surface area (Å²) in [4.78, 5) is 32.1. The van der Waals surface area contributed by atoms with Crippen molar-refractivity contribution >= 4 is 17.5 Å². The number of carbonyl (C=O) groups is 2. The number of para-hydroxylation sites is 1. The van der Waals surface area contributed by atoms with E-state index in [0.29, 0.717) is 12.3 Å². The van der Waals surface area contributed by atoms with Gasteiger partial charge < -0.3 is 9.80 Å². The first kappa shape index (κ1) is 19.3. The highest BCUT2D eigenvalue weighted by Gasteiger charge is 2.38. The number of amides is 2. The molecule has 2 saturated heterocycles. The van der Waals surface area contributed by atoms with Gasteiger partial charge in [0.1, 0.15) is 0 Å². The zero-order valence-corrected chi connectivity index (χ0v) is 17.4. The van der Waals surface area contributed by atoms with Gasteiger partial charge >= 0.3 is 0 Å². The maximum Gasteiger partial charge on any atom is 0.244 e. The van der Waals surface area contributed by atoms with Crippen molar-refractivity contribution in [2.75, 3.05) is 37.6 Å². The highest BCUT2D eigenvalue weighted by atomic mass is 16.2. The number of hydrogen-bond acceptors (Lipinski definition) is 3. The second-order valence-electron chi connectivity index (χ2n) is 8.69. The second kappa shape index (κ2) is 8.23. The highest BCUT2D eigenvalue weighted by Crippen LogP contribution is 2.35. The summed E-state index contributed by atoms with van der Waals surface area (Å²) in [5, 5.41) is 0. The second-order valence-corrected chi connectivity index (χ2v) is 8.69. The number of fused-ring (bicyclic) bond motifs is 1. The average Bonchev–Trinajstić information content (AvgIpc) is 3.38. The monoisotopic (exact) mass is 403 g/mol. The number of hydrogen-bond donors (Lipinski definition) is 0. The smallest absolute Gasteiger partial charge is 0.244 e. The van der Waals surface area contributed by atoms with Gasteiger partial charge in [-0.05, 0) is 48.4 Å². The summed E-state index contributed by atoms with van der Waals surface area (Å²) in [7, 11) is 0. The van der Waals surface area contributed by atoms with E-state index in [1.54, 1.807) is 0 Å². The van der Waals surface area contributed by atoms with E-state index in [0.717, 1.165) is 57.7 Å². The molecule has 2 aromatic rings. The fourth-order valence-electron chi connectivity index (χ4n) is 5.35. The van der Waals surface area contributed by atoms with Crippen LogP contribution in [-0.2, 0) is 16.0 Å². The van der Waals surface area contributed by atoms with Crippen molar-refractivity contribution < 1.29 is 9.59 Å². The van der Waals surface area contributed by atoms with Gasteiger partial charge in [-0.2, -0.15) is 0 Å². The molecule has 5 rings (SSSR count). The van der Waals surface area contributed by atoms with Crippen molar-refractivity contribution in [2.24, 2.45) is 0 Å². The van der Waals surface area contributed by atoms with Crippen LogP contribution in [0.2, 0.25) is 0 Å². The van der Waals surface area contributed by atoms with Crippen molar-refractivity contribution in [3.8, 4) is 0 Å². The fraction of sp³-hybridized carbons (Fsp3) is 0.440. The minimum Gasteiger partial charge on any atom is -0.340 e. The molecule has 0 radical (unpaired) electrons. The summed E-state index contributed by atoms with van der Waals surface area (Å²) in [5.74, 6) is 0.825. The third kappa shape index (κ3) is 3.63. The molecule has 30 heavy (non-hydrogen) atoms. The lowest BCUT2D eigenvalue weighted by molar-refractivity contribution is -0.134. The Kier molecular flexibility index (Phi) is 5.30. The van der Waals surface area contributed by atoms with E-state index in [2.05, 4.69) is 29.2 Å².